The number of rotatable bonds is 7. The fourth-order valence-corrected chi connectivity index (χ4v) is 9.40. The van der Waals surface area contributed by atoms with Crippen LogP contribution in [0.15, 0.2) is 107 Å². The predicted molar refractivity (Wildman–Crippen MR) is 197 cm³/mol. The fourth-order valence-electron chi connectivity index (χ4n) is 7.12. The van der Waals surface area contributed by atoms with Crippen LogP contribution in [0.5, 0.6) is 34.5 Å². The normalized spacial score (nSPS) is 16.5. The maximum atomic E-state index is 13.6. The lowest BCUT2D eigenvalue weighted by molar-refractivity contribution is 0.0303. The van der Waals surface area contributed by atoms with E-state index in [1.54, 1.807) is 13.0 Å². The van der Waals surface area contributed by atoms with Crippen LogP contribution in [0.3, 0.4) is 0 Å². The lowest BCUT2D eigenvalue weighted by Crippen LogP contribution is -2.41. The van der Waals surface area contributed by atoms with Crippen molar-refractivity contribution in [1.82, 2.24) is 0 Å². The molecule has 1 unspecified atom stereocenters. The molecular formula is C38H30N4O10S2+2. The first-order valence-corrected chi connectivity index (χ1v) is 19.1. The summed E-state index contributed by atoms with van der Waals surface area (Å²) in [5.41, 5.74) is -1.02. The molecule has 14 nitrogen and oxygen atoms in total. The Bertz CT molecular complexity index is 2880. The van der Waals surface area contributed by atoms with E-state index in [0.717, 1.165) is 11.6 Å². The smallest absolute Gasteiger partial charge is 0.426 e. The third-order valence-corrected chi connectivity index (χ3v) is 12.1. The number of hydrogen-bond donors (Lipinski definition) is 3. The van der Waals surface area contributed by atoms with Crippen LogP contribution in [-0.4, -0.2) is 32.2 Å². The van der Waals surface area contributed by atoms with Crippen molar-refractivity contribution in [2.45, 2.75) is 48.0 Å². The minimum Gasteiger partial charge on any atom is -0.507 e. The van der Waals surface area contributed by atoms with Gasteiger partial charge in [0.2, 0.25) is 22.3 Å². The molecule has 0 aromatic heterocycles. The van der Waals surface area contributed by atoms with E-state index >= 15 is 0 Å². The lowest BCUT2D eigenvalue weighted by atomic mass is 9.71. The van der Waals surface area contributed by atoms with Crippen molar-refractivity contribution in [2.75, 3.05) is 0 Å². The van der Waals surface area contributed by atoms with Crippen molar-refractivity contribution in [1.29, 1.82) is 10.8 Å². The highest BCUT2D eigenvalue weighted by molar-refractivity contribution is 7.87. The van der Waals surface area contributed by atoms with Crippen molar-refractivity contribution in [2.24, 2.45) is 0 Å². The molecule has 54 heavy (non-hydrogen) atoms. The molecule has 6 aromatic rings. The molecule has 0 aliphatic carbocycles. The molecule has 272 valence electrons. The number of aromatic hydroxyl groups is 3. The summed E-state index contributed by atoms with van der Waals surface area (Å²) < 4.78 is 71.4. The molecule has 6 aromatic carbocycles. The SMILES string of the molecule is CC1(C)CC(C)(c2ccc(OS(=O)(=O)c3cccc4c(O)c([N+]#N)ccc34)cc2O)Oc2cc(OS(=O)(=O)c3cccc4c(O)c([N+]#N)ccc34)ccc21. The van der Waals surface area contributed by atoms with Crippen molar-refractivity contribution < 1.29 is 45.3 Å². The average Bonchev–Trinajstić information content (AvgIpc) is 3.10. The quantitative estimate of drug-likeness (QED) is 0.103. The molecule has 0 amide bonds. The molecule has 1 atom stereocenters. The third-order valence-electron chi connectivity index (χ3n) is 9.45. The predicted octanol–water partition coefficient (Wildman–Crippen LogP) is 8.59. The van der Waals surface area contributed by atoms with Crippen molar-refractivity contribution in [3.8, 4) is 34.5 Å². The van der Waals surface area contributed by atoms with Crippen LogP contribution in [0.4, 0.5) is 11.4 Å². The molecule has 3 N–H and O–H groups in total. The van der Waals surface area contributed by atoms with Gasteiger partial charge in [0.25, 0.3) is 0 Å². The van der Waals surface area contributed by atoms with Gasteiger partial charge in [0.05, 0.1) is 0 Å². The van der Waals surface area contributed by atoms with Crippen molar-refractivity contribution in [3.05, 3.63) is 118 Å². The van der Waals surface area contributed by atoms with Gasteiger partial charge in [0.1, 0.15) is 38.4 Å². The zero-order valence-corrected chi connectivity index (χ0v) is 30.4. The number of phenolic OH excluding ortho intramolecular Hbond substituents is 3. The molecule has 0 fully saturated rings. The highest BCUT2D eigenvalue weighted by Gasteiger charge is 2.45. The zero-order chi connectivity index (χ0) is 38.8. The number of benzene rings is 6. The summed E-state index contributed by atoms with van der Waals surface area (Å²) in [7, 11) is -8.96. The standard InChI is InChI=1S/C38H28N4O10S2/c1-37(2)20-38(3,27-14-10-21(18-31(27)43)51-53(46,47)33-8-4-6-25-23(33)12-16-29(41-39)35(25)44)50-32-19-22(11-15-28(32)37)52-54(48,49)34-9-5-7-26-24(34)13-17-30(42-40)36(26)45/h4-19H,20H2,1-3H3,(H-2,43,44,45)/p+2. The van der Waals surface area contributed by atoms with Gasteiger partial charge in [-0.3, -0.25) is 0 Å². The molecule has 16 heteroatoms. The van der Waals surface area contributed by atoms with Gasteiger partial charge in [0.15, 0.2) is 9.95 Å². The van der Waals surface area contributed by atoms with Crippen LogP contribution in [0, 0.1) is 10.8 Å². The zero-order valence-electron chi connectivity index (χ0n) is 28.7. The van der Waals surface area contributed by atoms with E-state index in [-0.39, 0.29) is 65.7 Å². The molecule has 0 bridgehead atoms. The highest BCUT2D eigenvalue weighted by atomic mass is 32.2. The Kier molecular flexibility index (Phi) is 8.29. The second-order valence-electron chi connectivity index (χ2n) is 13.6. The Morgan fingerprint density at radius 1 is 0.630 bits per heavy atom. The maximum Gasteiger partial charge on any atom is 0.426 e. The summed E-state index contributed by atoms with van der Waals surface area (Å²) in [6.07, 6.45) is 0.348. The highest BCUT2D eigenvalue weighted by Crippen LogP contribution is 2.52. The van der Waals surface area contributed by atoms with Crippen LogP contribution in [0.2, 0.25) is 0 Å². The van der Waals surface area contributed by atoms with Crippen LogP contribution in [0.1, 0.15) is 38.3 Å². The number of ether oxygens (including phenoxy) is 1. The van der Waals surface area contributed by atoms with Gasteiger partial charge >= 0.3 is 31.6 Å². The summed E-state index contributed by atoms with van der Waals surface area (Å²) in [5, 5.41) is 51.0. The van der Waals surface area contributed by atoms with E-state index < -0.39 is 42.8 Å². The van der Waals surface area contributed by atoms with Gasteiger partial charge < -0.3 is 28.4 Å². The molecule has 0 spiro atoms. The van der Waals surface area contributed by atoms with E-state index in [9.17, 15) is 32.2 Å². The summed E-state index contributed by atoms with van der Waals surface area (Å²) in [4.78, 5) is 5.50. The van der Waals surface area contributed by atoms with Gasteiger partial charge in [-0.25, -0.2) is 0 Å². The second-order valence-corrected chi connectivity index (χ2v) is 16.6. The molecule has 7 rings (SSSR count). The van der Waals surface area contributed by atoms with Crippen LogP contribution in [0.25, 0.3) is 31.5 Å². The topological polar surface area (TPSA) is 213 Å². The third kappa shape index (κ3) is 5.97. The summed E-state index contributed by atoms with van der Waals surface area (Å²) >= 11 is 0. The van der Waals surface area contributed by atoms with Crippen LogP contribution >= 0.6 is 0 Å². The Balaban J connectivity index is 1.18. The van der Waals surface area contributed by atoms with Gasteiger partial charge in [-0.2, -0.15) is 16.8 Å². The molecule has 1 heterocycles. The molecule has 0 saturated carbocycles. The molecule has 0 saturated heterocycles. The van der Waals surface area contributed by atoms with E-state index in [2.05, 4.69) is 9.95 Å². The van der Waals surface area contributed by atoms with E-state index in [0.29, 0.717) is 12.0 Å². The van der Waals surface area contributed by atoms with E-state index in [4.69, 9.17) is 23.9 Å². The number of phenols is 3. The van der Waals surface area contributed by atoms with Gasteiger partial charge in [-0.1, -0.05) is 44.2 Å². The number of diazo groups is 2. The maximum absolute atomic E-state index is 13.6. The second kappa shape index (κ2) is 12.5. The van der Waals surface area contributed by atoms with Crippen LogP contribution in [-0.2, 0) is 31.3 Å². The summed E-state index contributed by atoms with van der Waals surface area (Å²) in [6.45, 7) is 5.65. The first-order chi connectivity index (χ1) is 25.5. The minimum absolute atomic E-state index is 0.0705. The Morgan fingerprint density at radius 3 is 1.59 bits per heavy atom. The Morgan fingerprint density at radius 2 is 1.11 bits per heavy atom. The Labute approximate surface area is 308 Å². The minimum atomic E-state index is -4.50. The number of fused-ring (bicyclic) bond motifs is 3. The summed E-state index contributed by atoms with van der Waals surface area (Å²) in [6, 6.07) is 22.2. The average molecular weight is 767 g/mol. The molecule has 0 radical (unpaired) electrons. The first kappa shape index (κ1) is 35.8. The monoisotopic (exact) mass is 766 g/mol. The lowest BCUT2D eigenvalue weighted by Gasteiger charge is -2.44. The molecular weight excluding hydrogens is 737 g/mol. The van der Waals surface area contributed by atoms with E-state index in [1.165, 1.54) is 84.9 Å². The van der Waals surface area contributed by atoms with Crippen LogP contribution < -0.4 is 13.1 Å². The molecule has 1 aliphatic heterocycles. The van der Waals surface area contributed by atoms with Gasteiger partial charge in [-0.05, 0) is 54.8 Å². The molecule has 1 aliphatic rings. The Hall–Kier alpha value is -6.62. The number of nitrogens with zero attached hydrogens (tertiary/aromatic N) is 4. The number of hydrogen-bond acceptors (Lipinski definition) is 12. The van der Waals surface area contributed by atoms with Crippen molar-refractivity contribution >= 4 is 53.2 Å². The van der Waals surface area contributed by atoms with Crippen molar-refractivity contribution in [3.63, 3.8) is 0 Å². The summed E-state index contributed by atoms with van der Waals surface area (Å²) in [5.74, 6) is -1.14. The van der Waals surface area contributed by atoms with Gasteiger partial charge in [0, 0.05) is 63.4 Å². The first-order valence-electron chi connectivity index (χ1n) is 16.2. The largest absolute Gasteiger partial charge is 0.507 e. The fraction of sp³-hybridized carbons (Fsp3) is 0.158. The van der Waals surface area contributed by atoms with Gasteiger partial charge in [-0.15, -0.1) is 0 Å². The van der Waals surface area contributed by atoms with E-state index in [1.807, 2.05) is 13.8 Å².